The monoisotopic (exact) mass is 278 g/mol. The highest BCUT2D eigenvalue weighted by Gasteiger charge is 2.07. The average molecular weight is 278 g/mol. The molecule has 0 amide bonds. The zero-order chi connectivity index (χ0) is 9.14. The Morgan fingerprint density at radius 1 is 1.25 bits per heavy atom. The van der Waals surface area contributed by atoms with Gasteiger partial charge in [-0.05, 0) is 34.7 Å². The van der Waals surface area contributed by atoms with Crippen LogP contribution in [-0.2, 0) is 0 Å². The molecule has 1 aromatic carbocycles. The molecule has 0 saturated heterocycles. The summed E-state index contributed by atoms with van der Waals surface area (Å²) in [7, 11) is 0. The fraction of sp³-hybridized carbons (Fsp3) is 0. The Balaban J connectivity index is 3.43. The number of rotatable bonds is 2. The maximum absolute atomic E-state index is 12.9. The van der Waals surface area contributed by atoms with Gasteiger partial charge < -0.3 is 0 Å². The first-order chi connectivity index (χ1) is 5.69. The number of hydrogen-bond donors (Lipinski definition) is 0. The van der Waals surface area contributed by atoms with Crippen molar-refractivity contribution in [3.8, 4) is 0 Å². The van der Waals surface area contributed by atoms with Gasteiger partial charge in [-0.3, -0.25) is 9.59 Å². The summed E-state index contributed by atoms with van der Waals surface area (Å²) < 4.78 is 13.5. The molecule has 1 aromatic rings. The predicted octanol–water partition coefficient (Wildman–Crippen LogP) is 2.06. The summed E-state index contributed by atoms with van der Waals surface area (Å²) in [5.41, 5.74) is -0.0835. The van der Waals surface area contributed by atoms with E-state index in [9.17, 15) is 14.0 Å². The van der Waals surface area contributed by atoms with Crippen LogP contribution in [0.4, 0.5) is 4.39 Å². The smallest absolute Gasteiger partial charge is 0.153 e. The number of halogens is 2. The molecule has 0 saturated carbocycles. The van der Waals surface area contributed by atoms with Crippen LogP contribution in [0.1, 0.15) is 20.7 Å². The van der Waals surface area contributed by atoms with E-state index in [1.54, 1.807) is 0 Å². The van der Waals surface area contributed by atoms with E-state index in [0.717, 1.165) is 0 Å². The zero-order valence-corrected chi connectivity index (χ0v) is 8.04. The molecular formula is C8H4FIO2. The van der Waals surface area contributed by atoms with E-state index in [4.69, 9.17) is 0 Å². The van der Waals surface area contributed by atoms with Crippen molar-refractivity contribution in [1.29, 1.82) is 0 Å². The fourth-order valence-electron chi connectivity index (χ4n) is 0.827. The molecule has 0 N–H and O–H groups in total. The van der Waals surface area contributed by atoms with Crippen molar-refractivity contribution in [3.05, 3.63) is 32.6 Å². The van der Waals surface area contributed by atoms with Crippen molar-refractivity contribution in [2.24, 2.45) is 0 Å². The van der Waals surface area contributed by atoms with Crippen LogP contribution in [0, 0.1) is 9.39 Å². The molecule has 0 aliphatic carbocycles. The minimum atomic E-state index is -0.654. The summed E-state index contributed by atoms with van der Waals surface area (Å²) in [6, 6.07) is 2.66. The molecule has 62 valence electrons. The lowest BCUT2D eigenvalue weighted by Gasteiger charge is -1.98. The highest BCUT2D eigenvalue weighted by atomic mass is 127. The fourth-order valence-corrected chi connectivity index (χ4v) is 1.44. The Morgan fingerprint density at radius 2 is 1.92 bits per heavy atom. The molecule has 0 unspecified atom stereocenters. The molecule has 0 fully saturated rings. The SMILES string of the molecule is O=Cc1cc(I)cc(F)c1C=O. The summed E-state index contributed by atoms with van der Waals surface area (Å²) in [6.45, 7) is 0. The maximum Gasteiger partial charge on any atom is 0.153 e. The van der Waals surface area contributed by atoms with E-state index in [1.807, 2.05) is 22.6 Å². The van der Waals surface area contributed by atoms with Gasteiger partial charge in [0, 0.05) is 9.13 Å². The Bertz CT molecular complexity index is 336. The Kier molecular flexibility index (Phi) is 2.91. The molecule has 0 aliphatic heterocycles. The standard InChI is InChI=1S/C8H4FIO2/c9-8-2-6(10)1-5(3-11)7(8)4-12/h1-4H. The number of benzene rings is 1. The zero-order valence-electron chi connectivity index (χ0n) is 5.88. The van der Waals surface area contributed by atoms with Crippen molar-refractivity contribution in [1.82, 2.24) is 0 Å². The number of hydrogen-bond acceptors (Lipinski definition) is 2. The van der Waals surface area contributed by atoms with Crippen LogP contribution in [-0.4, -0.2) is 12.6 Å². The van der Waals surface area contributed by atoms with Crippen LogP contribution in [0.3, 0.4) is 0 Å². The molecular weight excluding hydrogens is 274 g/mol. The third-order valence-corrected chi connectivity index (χ3v) is 1.99. The summed E-state index contributed by atoms with van der Waals surface area (Å²) in [5, 5.41) is 0. The minimum absolute atomic E-state index is 0.0920. The quantitative estimate of drug-likeness (QED) is 0.613. The topological polar surface area (TPSA) is 34.1 Å². The van der Waals surface area contributed by atoms with Crippen molar-refractivity contribution < 1.29 is 14.0 Å². The van der Waals surface area contributed by atoms with Crippen molar-refractivity contribution in [2.75, 3.05) is 0 Å². The van der Waals surface area contributed by atoms with Gasteiger partial charge in [-0.15, -0.1) is 0 Å². The molecule has 0 aromatic heterocycles. The van der Waals surface area contributed by atoms with Crippen LogP contribution >= 0.6 is 22.6 Å². The summed E-state index contributed by atoms with van der Waals surface area (Å²) in [4.78, 5) is 20.7. The van der Waals surface area contributed by atoms with Gasteiger partial charge in [0.15, 0.2) is 12.6 Å². The Labute approximate surface area is 81.9 Å². The number of carbonyl (C=O) groups excluding carboxylic acids is 2. The second-order valence-corrected chi connectivity index (χ2v) is 3.37. The lowest BCUT2D eigenvalue weighted by molar-refractivity contribution is 0.109. The van der Waals surface area contributed by atoms with E-state index >= 15 is 0 Å². The molecule has 12 heavy (non-hydrogen) atoms. The molecule has 1 rings (SSSR count). The van der Waals surface area contributed by atoms with Gasteiger partial charge in [0.25, 0.3) is 0 Å². The second kappa shape index (κ2) is 3.75. The molecule has 0 radical (unpaired) electrons. The van der Waals surface area contributed by atoms with Gasteiger partial charge in [-0.2, -0.15) is 0 Å². The largest absolute Gasteiger partial charge is 0.298 e. The highest BCUT2D eigenvalue weighted by Crippen LogP contribution is 2.14. The molecule has 0 aliphatic rings. The molecule has 0 spiro atoms. The van der Waals surface area contributed by atoms with Crippen molar-refractivity contribution in [2.45, 2.75) is 0 Å². The predicted molar refractivity (Wildman–Crippen MR) is 49.9 cm³/mol. The van der Waals surface area contributed by atoms with E-state index < -0.39 is 5.82 Å². The average Bonchev–Trinajstić information content (AvgIpc) is 2.03. The Hall–Kier alpha value is -0.780. The first-order valence-corrected chi connectivity index (χ1v) is 4.16. The molecule has 0 atom stereocenters. The molecule has 4 heteroatoms. The van der Waals surface area contributed by atoms with Crippen LogP contribution in [0.25, 0.3) is 0 Å². The summed E-state index contributed by atoms with van der Waals surface area (Å²) in [6.07, 6.45) is 0.810. The third-order valence-electron chi connectivity index (χ3n) is 1.37. The van der Waals surface area contributed by atoms with Crippen LogP contribution < -0.4 is 0 Å². The van der Waals surface area contributed by atoms with Crippen LogP contribution in [0.15, 0.2) is 12.1 Å². The molecule has 0 bridgehead atoms. The van der Waals surface area contributed by atoms with Gasteiger partial charge in [-0.25, -0.2) is 4.39 Å². The van der Waals surface area contributed by atoms with Gasteiger partial charge in [0.1, 0.15) is 5.82 Å². The van der Waals surface area contributed by atoms with Gasteiger partial charge in [-0.1, -0.05) is 0 Å². The van der Waals surface area contributed by atoms with E-state index in [1.165, 1.54) is 12.1 Å². The Morgan fingerprint density at radius 3 is 2.42 bits per heavy atom. The third kappa shape index (κ3) is 1.69. The van der Waals surface area contributed by atoms with Crippen LogP contribution in [0.5, 0.6) is 0 Å². The first-order valence-electron chi connectivity index (χ1n) is 3.08. The minimum Gasteiger partial charge on any atom is -0.298 e. The summed E-state index contributed by atoms with van der Waals surface area (Å²) in [5.74, 6) is -0.654. The van der Waals surface area contributed by atoms with Gasteiger partial charge in [0.2, 0.25) is 0 Å². The molecule has 2 nitrogen and oxygen atoms in total. The van der Waals surface area contributed by atoms with Crippen molar-refractivity contribution >= 4 is 35.2 Å². The normalized spacial score (nSPS) is 9.50. The van der Waals surface area contributed by atoms with Crippen molar-refractivity contribution in [3.63, 3.8) is 0 Å². The molecule has 0 heterocycles. The van der Waals surface area contributed by atoms with E-state index in [0.29, 0.717) is 16.1 Å². The van der Waals surface area contributed by atoms with Crippen LogP contribution in [0.2, 0.25) is 0 Å². The van der Waals surface area contributed by atoms with Gasteiger partial charge >= 0.3 is 0 Å². The van der Waals surface area contributed by atoms with E-state index in [2.05, 4.69) is 0 Å². The lowest BCUT2D eigenvalue weighted by Crippen LogP contribution is -1.96. The second-order valence-electron chi connectivity index (χ2n) is 2.13. The first kappa shape index (κ1) is 9.31. The maximum atomic E-state index is 12.9. The van der Waals surface area contributed by atoms with Gasteiger partial charge in [0.05, 0.1) is 5.56 Å². The highest BCUT2D eigenvalue weighted by molar-refractivity contribution is 14.1. The summed E-state index contributed by atoms with van der Waals surface area (Å²) >= 11 is 1.87. The number of carbonyl (C=O) groups is 2. The number of aldehydes is 2. The lowest BCUT2D eigenvalue weighted by atomic mass is 10.1. The van der Waals surface area contributed by atoms with E-state index in [-0.39, 0.29) is 11.1 Å².